The van der Waals surface area contributed by atoms with Gasteiger partial charge in [-0.25, -0.2) is 0 Å². The molecule has 0 radical (unpaired) electrons. The van der Waals surface area contributed by atoms with Gasteiger partial charge in [0.05, 0.1) is 11.2 Å². The molecule has 1 amide bonds. The van der Waals surface area contributed by atoms with E-state index < -0.39 is 0 Å². The van der Waals surface area contributed by atoms with Crippen LogP contribution in [0, 0.1) is 0 Å². The normalized spacial score (nSPS) is 23.3. The number of ether oxygens (including phenoxy) is 1. The van der Waals surface area contributed by atoms with E-state index in [4.69, 9.17) is 4.74 Å². The summed E-state index contributed by atoms with van der Waals surface area (Å²) in [4.78, 5) is 21.9. The van der Waals surface area contributed by atoms with Gasteiger partial charge in [0, 0.05) is 45.2 Å². The molecule has 176 valence electrons. The summed E-state index contributed by atoms with van der Waals surface area (Å²) in [7, 11) is 2.03. The first-order chi connectivity index (χ1) is 16.6. The Kier molecular flexibility index (Phi) is 6.63. The lowest BCUT2D eigenvalue weighted by Crippen LogP contribution is -2.53. The van der Waals surface area contributed by atoms with Crippen molar-refractivity contribution in [2.24, 2.45) is 0 Å². The Bertz CT molecular complexity index is 1100. The molecule has 5 nitrogen and oxygen atoms in total. The van der Waals surface area contributed by atoms with Gasteiger partial charge in [-0.1, -0.05) is 55.0 Å². The predicted molar refractivity (Wildman–Crippen MR) is 133 cm³/mol. The molecule has 2 aromatic carbocycles. The summed E-state index contributed by atoms with van der Waals surface area (Å²) in [5.74, 6) is 1.45. The van der Waals surface area contributed by atoms with Crippen molar-refractivity contribution in [1.82, 2.24) is 14.8 Å². The molecular formula is C29H33N3O2. The van der Waals surface area contributed by atoms with Crippen LogP contribution in [0.4, 0.5) is 0 Å². The van der Waals surface area contributed by atoms with Crippen LogP contribution < -0.4 is 4.74 Å². The lowest BCUT2D eigenvalue weighted by atomic mass is 9.78. The summed E-state index contributed by atoms with van der Waals surface area (Å²) in [6, 6.07) is 25.0. The van der Waals surface area contributed by atoms with Gasteiger partial charge in [0.2, 0.25) is 5.91 Å². The maximum Gasteiger partial charge on any atom is 0.222 e. The molecule has 0 bridgehead atoms. The molecule has 2 atom stereocenters. The minimum atomic E-state index is -0.151. The van der Waals surface area contributed by atoms with Crippen LogP contribution in [-0.4, -0.2) is 46.4 Å². The Hall–Kier alpha value is -3.18. The largest absolute Gasteiger partial charge is 0.487 e. The van der Waals surface area contributed by atoms with E-state index in [9.17, 15) is 4.79 Å². The van der Waals surface area contributed by atoms with Gasteiger partial charge < -0.3 is 9.64 Å². The number of likely N-dealkylation sites (N-methyl/N-ethyl adjacent to an activating group) is 1. The zero-order valence-corrected chi connectivity index (χ0v) is 19.9. The van der Waals surface area contributed by atoms with Crippen molar-refractivity contribution in [2.45, 2.75) is 50.3 Å². The SMILES string of the molecule is CN1C(=O)CCCC[C@]12CN(Cc1cccc(OCc3ccccn3)c1)C[C@H]2c1ccccc1. The van der Waals surface area contributed by atoms with Crippen molar-refractivity contribution in [3.8, 4) is 5.75 Å². The Morgan fingerprint density at radius 1 is 1.03 bits per heavy atom. The summed E-state index contributed by atoms with van der Waals surface area (Å²) in [6.07, 6.45) is 5.59. The van der Waals surface area contributed by atoms with Crippen molar-refractivity contribution >= 4 is 5.91 Å². The number of carbonyl (C=O) groups is 1. The van der Waals surface area contributed by atoms with Gasteiger partial charge in [0.25, 0.3) is 0 Å². The van der Waals surface area contributed by atoms with Gasteiger partial charge in [0.15, 0.2) is 0 Å². The van der Waals surface area contributed by atoms with E-state index in [0.29, 0.717) is 18.9 Å². The number of pyridine rings is 1. The number of hydrogen-bond acceptors (Lipinski definition) is 4. The van der Waals surface area contributed by atoms with Gasteiger partial charge >= 0.3 is 0 Å². The standard InChI is InChI=1S/C29H33N3O2/c1-31-28(33)15-5-7-16-29(31)22-32(20-27(29)24-11-3-2-4-12-24)19-23-10-9-14-26(18-23)34-21-25-13-6-8-17-30-25/h2-4,6,8-14,17-18,27H,5,7,15-16,19-22H2,1H3/t27-,29+/m0/s1. The third-order valence-corrected chi connectivity index (χ3v) is 7.50. The minimum Gasteiger partial charge on any atom is -0.487 e. The highest BCUT2D eigenvalue weighted by molar-refractivity contribution is 5.77. The molecule has 0 unspecified atom stereocenters. The number of benzene rings is 2. The lowest BCUT2D eigenvalue weighted by Gasteiger charge is -2.42. The van der Waals surface area contributed by atoms with Gasteiger partial charge in [-0.3, -0.25) is 14.7 Å². The number of nitrogens with zero attached hydrogens (tertiary/aromatic N) is 3. The first kappa shape index (κ1) is 22.6. The molecule has 5 heteroatoms. The van der Waals surface area contributed by atoms with E-state index in [1.165, 1.54) is 11.1 Å². The number of rotatable bonds is 6. The molecule has 2 saturated heterocycles. The van der Waals surface area contributed by atoms with E-state index in [1.807, 2.05) is 31.3 Å². The molecule has 3 heterocycles. The molecule has 3 aromatic rings. The van der Waals surface area contributed by atoms with Crippen LogP contribution in [0.5, 0.6) is 5.75 Å². The Morgan fingerprint density at radius 2 is 1.88 bits per heavy atom. The van der Waals surface area contributed by atoms with Crippen molar-refractivity contribution in [3.63, 3.8) is 0 Å². The molecule has 5 rings (SSSR count). The summed E-state index contributed by atoms with van der Waals surface area (Å²) < 4.78 is 6.01. The maximum absolute atomic E-state index is 12.9. The fourth-order valence-electron chi connectivity index (χ4n) is 5.73. The number of carbonyl (C=O) groups excluding carboxylic acids is 1. The summed E-state index contributed by atoms with van der Waals surface area (Å²) in [6.45, 7) is 3.14. The Balaban J connectivity index is 1.35. The van der Waals surface area contributed by atoms with Crippen molar-refractivity contribution in [1.29, 1.82) is 0 Å². The molecule has 34 heavy (non-hydrogen) atoms. The van der Waals surface area contributed by atoms with Crippen LogP contribution in [0.2, 0.25) is 0 Å². The van der Waals surface area contributed by atoms with Crippen molar-refractivity contribution < 1.29 is 9.53 Å². The van der Waals surface area contributed by atoms with E-state index in [-0.39, 0.29) is 11.4 Å². The summed E-state index contributed by atoms with van der Waals surface area (Å²) in [5, 5.41) is 0. The van der Waals surface area contributed by atoms with Crippen LogP contribution >= 0.6 is 0 Å². The molecule has 1 aromatic heterocycles. The van der Waals surface area contributed by atoms with Gasteiger partial charge in [-0.05, 0) is 48.2 Å². The highest BCUT2D eigenvalue weighted by Gasteiger charge is 2.51. The highest BCUT2D eigenvalue weighted by Crippen LogP contribution is 2.45. The molecule has 0 saturated carbocycles. The lowest BCUT2D eigenvalue weighted by molar-refractivity contribution is -0.135. The summed E-state index contributed by atoms with van der Waals surface area (Å²) in [5.41, 5.74) is 3.33. The number of likely N-dealkylation sites (tertiary alicyclic amines) is 2. The molecule has 2 aliphatic heterocycles. The van der Waals surface area contributed by atoms with E-state index in [2.05, 4.69) is 63.3 Å². The van der Waals surface area contributed by atoms with Crippen LogP contribution in [0.3, 0.4) is 0 Å². The second kappa shape index (κ2) is 9.98. The van der Waals surface area contributed by atoms with Gasteiger partial charge in [0.1, 0.15) is 12.4 Å². The van der Waals surface area contributed by atoms with E-state index in [0.717, 1.165) is 50.3 Å². The number of amides is 1. The number of aromatic nitrogens is 1. The Labute approximate surface area is 202 Å². The zero-order valence-electron chi connectivity index (χ0n) is 19.9. The highest BCUT2D eigenvalue weighted by atomic mass is 16.5. The first-order valence-electron chi connectivity index (χ1n) is 12.3. The van der Waals surface area contributed by atoms with E-state index >= 15 is 0 Å². The van der Waals surface area contributed by atoms with Gasteiger partial charge in [-0.2, -0.15) is 0 Å². The molecule has 0 aliphatic carbocycles. The third-order valence-electron chi connectivity index (χ3n) is 7.50. The molecular weight excluding hydrogens is 422 g/mol. The first-order valence-corrected chi connectivity index (χ1v) is 12.3. The smallest absolute Gasteiger partial charge is 0.222 e. The van der Waals surface area contributed by atoms with Crippen LogP contribution in [0.1, 0.15) is 48.4 Å². The monoisotopic (exact) mass is 455 g/mol. The van der Waals surface area contributed by atoms with Crippen molar-refractivity contribution in [2.75, 3.05) is 20.1 Å². The average Bonchev–Trinajstić information content (AvgIpc) is 3.18. The topological polar surface area (TPSA) is 45.7 Å². The average molecular weight is 456 g/mol. The second-order valence-corrected chi connectivity index (χ2v) is 9.65. The molecule has 2 fully saturated rings. The van der Waals surface area contributed by atoms with E-state index in [1.54, 1.807) is 6.20 Å². The molecule has 2 aliphatic rings. The molecule has 1 spiro atoms. The maximum atomic E-state index is 12.9. The van der Waals surface area contributed by atoms with Crippen LogP contribution in [0.15, 0.2) is 79.0 Å². The quantitative estimate of drug-likeness (QED) is 0.523. The third kappa shape index (κ3) is 4.71. The minimum absolute atomic E-state index is 0.151. The van der Waals surface area contributed by atoms with Crippen LogP contribution in [-0.2, 0) is 17.9 Å². The summed E-state index contributed by atoms with van der Waals surface area (Å²) >= 11 is 0. The predicted octanol–water partition coefficient (Wildman–Crippen LogP) is 5.03. The fraction of sp³-hybridized carbons (Fsp3) is 0.379. The van der Waals surface area contributed by atoms with Crippen molar-refractivity contribution in [3.05, 3.63) is 95.8 Å². The fourth-order valence-corrected chi connectivity index (χ4v) is 5.73. The second-order valence-electron chi connectivity index (χ2n) is 9.65. The Morgan fingerprint density at radius 3 is 2.71 bits per heavy atom. The molecule has 0 N–H and O–H groups in total. The number of hydrogen-bond donors (Lipinski definition) is 0. The van der Waals surface area contributed by atoms with Gasteiger partial charge in [-0.15, -0.1) is 0 Å². The zero-order chi connectivity index (χ0) is 23.4. The van der Waals surface area contributed by atoms with Crippen LogP contribution in [0.25, 0.3) is 0 Å².